The molecule has 8 heteroatoms. The summed E-state index contributed by atoms with van der Waals surface area (Å²) in [6, 6.07) is 6.25. The number of imidazole rings is 1. The Morgan fingerprint density at radius 2 is 1.96 bits per heavy atom. The number of ether oxygens (including phenoxy) is 1. The number of hydrogen-bond donors (Lipinski definition) is 1. The van der Waals surface area contributed by atoms with Crippen LogP contribution < -0.4 is 0 Å². The van der Waals surface area contributed by atoms with Crippen molar-refractivity contribution in [1.82, 2.24) is 14.5 Å². The lowest BCUT2D eigenvalue weighted by atomic mass is 10.2. The number of aliphatic hydroxyl groups is 1. The molecule has 1 aromatic carbocycles. The number of carbonyl (C=O) groups excluding carboxylic acids is 1. The van der Waals surface area contributed by atoms with Gasteiger partial charge in [0.15, 0.2) is 5.16 Å². The van der Waals surface area contributed by atoms with Gasteiger partial charge in [-0.1, -0.05) is 23.9 Å². The zero-order valence-electron chi connectivity index (χ0n) is 15.5. The van der Waals surface area contributed by atoms with Crippen LogP contribution in [0.4, 0.5) is 4.39 Å². The first-order valence-corrected chi connectivity index (χ1v) is 9.90. The summed E-state index contributed by atoms with van der Waals surface area (Å²) in [5.74, 6) is 0.0311. The monoisotopic (exact) mass is 393 g/mol. The van der Waals surface area contributed by atoms with Crippen molar-refractivity contribution in [1.29, 1.82) is 0 Å². The van der Waals surface area contributed by atoms with Crippen LogP contribution in [0.5, 0.6) is 0 Å². The van der Waals surface area contributed by atoms with Crippen molar-refractivity contribution in [3.05, 3.63) is 47.5 Å². The van der Waals surface area contributed by atoms with E-state index in [-0.39, 0.29) is 36.3 Å². The van der Waals surface area contributed by atoms with Crippen molar-refractivity contribution in [2.24, 2.45) is 0 Å². The van der Waals surface area contributed by atoms with E-state index in [1.165, 1.54) is 23.9 Å². The van der Waals surface area contributed by atoms with E-state index in [4.69, 9.17) is 4.74 Å². The van der Waals surface area contributed by atoms with Crippen molar-refractivity contribution in [3.63, 3.8) is 0 Å². The normalized spacial score (nSPS) is 20.1. The predicted molar refractivity (Wildman–Crippen MR) is 101 cm³/mol. The summed E-state index contributed by atoms with van der Waals surface area (Å²) in [5, 5.41) is 10.1. The Morgan fingerprint density at radius 1 is 1.30 bits per heavy atom. The van der Waals surface area contributed by atoms with Gasteiger partial charge in [-0.2, -0.15) is 0 Å². The van der Waals surface area contributed by atoms with Gasteiger partial charge in [-0.25, -0.2) is 9.37 Å². The standard InChI is InChI=1S/C19H24FN3O3S/c1-13-7-22(8-14(2)26-13)18(25)12-27-19-21-17(11-24)10-23(19)9-15-3-5-16(20)6-4-15/h3-6,10,13-14,24H,7-9,11-12H2,1-2H3. The van der Waals surface area contributed by atoms with Crippen LogP contribution in [0.2, 0.25) is 0 Å². The predicted octanol–water partition coefficient (Wildman–Crippen LogP) is 2.29. The molecule has 0 spiro atoms. The third-order valence-corrected chi connectivity index (χ3v) is 5.29. The van der Waals surface area contributed by atoms with E-state index >= 15 is 0 Å². The van der Waals surface area contributed by atoms with E-state index in [0.29, 0.717) is 30.5 Å². The molecule has 3 rings (SSSR count). The van der Waals surface area contributed by atoms with Gasteiger partial charge in [-0.15, -0.1) is 0 Å². The van der Waals surface area contributed by atoms with Crippen molar-refractivity contribution in [2.75, 3.05) is 18.8 Å². The smallest absolute Gasteiger partial charge is 0.233 e. The van der Waals surface area contributed by atoms with Gasteiger partial charge in [-0.3, -0.25) is 4.79 Å². The van der Waals surface area contributed by atoms with Gasteiger partial charge in [0.1, 0.15) is 5.82 Å². The SMILES string of the molecule is CC1CN(C(=O)CSc2nc(CO)cn2Cc2ccc(F)cc2)CC(C)O1. The van der Waals surface area contributed by atoms with Gasteiger partial charge in [-0.05, 0) is 31.5 Å². The summed E-state index contributed by atoms with van der Waals surface area (Å²) >= 11 is 1.34. The van der Waals surface area contributed by atoms with Crippen LogP contribution in [0.1, 0.15) is 25.1 Å². The van der Waals surface area contributed by atoms with Crippen LogP contribution in [-0.4, -0.2) is 56.5 Å². The fourth-order valence-corrected chi connectivity index (χ4v) is 4.04. The Kier molecular flexibility index (Phi) is 6.51. The van der Waals surface area contributed by atoms with E-state index < -0.39 is 0 Å². The second-order valence-corrected chi connectivity index (χ2v) is 7.71. The molecule has 1 N–H and O–H groups in total. The lowest BCUT2D eigenvalue weighted by molar-refractivity contribution is -0.140. The molecule has 0 bridgehead atoms. The van der Waals surface area contributed by atoms with Gasteiger partial charge in [0.2, 0.25) is 5.91 Å². The van der Waals surface area contributed by atoms with E-state index in [1.807, 2.05) is 23.3 Å². The minimum absolute atomic E-state index is 0.0316. The number of amides is 1. The van der Waals surface area contributed by atoms with Gasteiger partial charge in [0.25, 0.3) is 0 Å². The highest BCUT2D eigenvalue weighted by Crippen LogP contribution is 2.21. The number of aliphatic hydroxyl groups excluding tert-OH is 1. The Morgan fingerprint density at radius 3 is 2.59 bits per heavy atom. The number of rotatable bonds is 6. The lowest BCUT2D eigenvalue weighted by Gasteiger charge is -2.35. The summed E-state index contributed by atoms with van der Waals surface area (Å²) in [5.41, 5.74) is 1.46. The first-order chi connectivity index (χ1) is 12.9. The lowest BCUT2D eigenvalue weighted by Crippen LogP contribution is -2.48. The third-order valence-electron chi connectivity index (χ3n) is 4.32. The molecule has 0 radical (unpaired) electrons. The van der Waals surface area contributed by atoms with E-state index in [2.05, 4.69) is 4.98 Å². The van der Waals surface area contributed by atoms with Crippen LogP contribution in [0, 0.1) is 5.82 Å². The number of nitrogens with zero attached hydrogens (tertiary/aromatic N) is 3. The molecule has 2 aromatic rings. The van der Waals surface area contributed by atoms with Crippen LogP contribution in [-0.2, 0) is 22.7 Å². The van der Waals surface area contributed by atoms with Gasteiger partial charge in [0, 0.05) is 25.8 Å². The molecule has 1 aliphatic rings. The molecule has 27 heavy (non-hydrogen) atoms. The molecule has 1 aliphatic heterocycles. The quantitative estimate of drug-likeness (QED) is 0.763. The summed E-state index contributed by atoms with van der Waals surface area (Å²) in [7, 11) is 0. The number of halogens is 1. The second kappa shape index (κ2) is 8.86. The van der Waals surface area contributed by atoms with Crippen molar-refractivity contribution >= 4 is 17.7 Å². The van der Waals surface area contributed by atoms with Crippen LogP contribution >= 0.6 is 11.8 Å². The first-order valence-electron chi connectivity index (χ1n) is 8.92. The van der Waals surface area contributed by atoms with Crippen molar-refractivity contribution < 1.29 is 19.0 Å². The molecule has 0 saturated carbocycles. The zero-order chi connectivity index (χ0) is 19.4. The molecular formula is C19H24FN3O3S. The fraction of sp³-hybridized carbons (Fsp3) is 0.474. The molecule has 0 aliphatic carbocycles. The third kappa shape index (κ3) is 5.31. The number of carbonyl (C=O) groups is 1. The molecule has 1 aromatic heterocycles. The summed E-state index contributed by atoms with van der Waals surface area (Å²) in [6.45, 7) is 5.44. The Bertz CT molecular complexity index is 771. The average Bonchev–Trinajstić information content (AvgIpc) is 3.02. The number of thioether (sulfide) groups is 1. The molecule has 146 valence electrons. The Balaban J connectivity index is 1.66. The number of benzene rings is 1. The van der Waals surface area contributed by atoms with Gasteiger partial charge in [0.05, 0.1) is 30.3 Å². The molecule has 6 nitrogen and oxygen atoms in total. The second-order valence-electron chi connectivity index (χ2n) is 6.77. The van der Waals surface area contributed by atoms with Crippen LogP contribution in [0.25, 0.3) is 0 Å². The molecule has 1 amide bonds. The Hall–Kier alpha value is -1.90. The molecule has 2 heterocycles. The van der Waals surface area contributed by atoms with E-state index in [1.54, 1.807) is 18.3 Å². The first kappa shape index (κ1) is 19.9. The van der Waals surface area contributed by atoms with Crippen molar-refractivity contribution in [3.8, 4) is 0 Å². The molecule has 2 unspecified atom stereocenters. The maximum absolute atomic E-state index is 13.1. The fourth-order valence-electron chi connectivity index (χ4n) is 3.14. The highest BCUT2D eigenvalue weighted by Gasteiger charge is 2.26. The maximum atomic E-state index is 13.1. The average molecular weight is 393 g/mol. The molecule has 1 saturated heterocycles. The summed E-state index contributed by atoms with van der Waals surface area (Å²) in [4.78, 5) is 18.8. The Labute approximate surface area is 162 Å². The zero-order valence-corrected chi connectivity index (χ0v) is 16.3. The topological polar surface area (TPSA) is 67.6 Å². The number of aromatic nitrogens is 2. The van der Waals surface area contributed by atoms with Gasteiger partial charge < -0.3 is 19.3 Å². The highest BCUT2D eigenvalue weighted by molar-refractivity contribution is 7.99. The van der Waals surface area contributed by atoms with Crippen LogP contribution in [0.3, 0.4) is 0 Å². The van der Waals surface area contributed by atoms with E-state index in [9.17, 15) is 14.3 Å². The van der Waals surface area contributed by atoms with Crippen molar-refractivity contribution in [2.45, 2.75) is 44.4 Å². The largest absolute Gasteiger partial charge is 0.390 e. The minimum atomic E-state index is -0.283. The molecular weight excluding hydrogens is 369 g/mol. The van der Waals surface area contributed by atoms with Gasteiger partial charge >= 0.3 is 0 Å². The number of morpholine rings is 1. The summed E-state index contributed by atoms with van der Waals surface area (Å²) in [6.07, 6.45) is 1.82. The minimum Gasteiger partial charge on any atom is -0.390 e. The van der Waals surface area contributed by atoms with Crippen LogP contribution in [0.15, 0.2) is 35.6 Å². The molecule has 2 atom stereocenters. The highest BCUT2D eigenvalue weighted by atomic mass is 32.2. The van der Waals surface area contributed by atoms with E-state index in [0.717, 1.165) is 5.56 Å². The molecule has 1 fully saturated rings. The summed E-state index contributed by atoms with van der Waals surface area (Å²) < 4.78 is 20.6. The maximum Gasteiger partial charge on any atom is 0.233 e. The number of hydrogen-bond acceptors (Lipinski definition) is 5.